The molecule has 5 rings (SSSR count). The summed E-state index contributed by atoms with van der Waals surface area (Å²) < 4.78 is 73.3. The lowest BCUT2D eigenvalue weighted by molar-refractivity contribution is -0.137. The molecule has 13 heteroatoms. The van der Waals surface area contributed by atoms with E-state index in [9.17, 15) is 26.4 Å². The predicted octanol–water partition coefficient (Wildman–Crippen LogP) is 4.23. The Kier molecular flexibility index (Phi) is 6.95. The van der Waals surface area contributed by atoms with E-state index in [0.717, 1.165) is 36.1 Å². The molecule has 0 atom stereocenters. The maximum Gasteiger partial charge on any atom is 0.416 e. The van der Waals surface area contributed by atoms with E-state index >= 15 is 0 Å². The molecule has 0 saturated carbocycles. The summed E-state index contributed by atoms with van der Waals surface area (Å²) in [6.07, 6.45) is -3.33. The fourth-order valence-corrected chi connectivity index (χ4v) is 5.31. The number of nitrogens with zero attached hydrogens (tertiary/aromatic N) is 3. The van der Waals surface area contributed by atoms with Gasteiger partial charge in [-0.05, 0) is 48.5 Å². The molecule has 3 heterocycles. The first kappa shape index (κ1) is 26.5. The third-order valence-electron chi connectivity index (χ3n) is 6.34. The third-order valence-corrected chi connectivity index (χ3v) is 7.74. The van der Waals surface area contributed by atoms with Gasteiger partial charge in [0.2, 0.25) is 5.88 Å². The van der Waals surface area contributed by atoms with Crippen LogP contribution in [-0.4, -0.2) is 55.0 Å². The number of benzene rings is 2. The Morgan fingerprint density at radius 2 is 1.74 bits per heavy atom. The topological polar surface area (TPSA) is 106 Å². The van der Waals surface area contributed by atoms with Crippen LogP contribution in [0.5, 0.6) is 11.6 Å². The van der Waals surface area contributed by atoms with Crippen molar-refractivity contribution in [3.63, 3.8) is 0 Å². The molecule has 39 heavy (non-hydrogen) atoms. The first-order chi connectivity index (χ1) is 18.5. The zero-order chi connectivity index (χ0) is 27.8. The van der Waals surface area contributed by atoms with Crippen molar-refractivity contribution in [2.24, 2.45) is 7.05 Å². The van der Waals surface area contributed by atoms with Crippen LogP contribution in [0.15, 0.2) is 71.8 Å². The van der Waals surface area contributed by atoms with Gasteiger partial charge in [0.15, 0.2) is 0 Å². The van der Waals surface area contributed by atoms with Gasteiger partial charge in [0, 0.05) is 50.7 Å². The Balaban J connectivity index is 1.28. The van der Waals surface area contributed by atoms with Crippen LogP contribution in [0.3, 0.4) is 0 Å². The van der Waals surface area contributed by atoms with Crippen LogP contribution in [0.2, 0.25) is 0 Å². The van der Waals surface area contributed by atoms with Crippen LogP contribution in [0, 0.1) is 0 Å². The minimum atomic E-state index is -4.56. The number of rotatable bonds is 6. The summed E-state index contributed by atoms with van der Waals surface area (Å²) in [5.41, 5.74) is 0.537. The quantitative estimate of drug-likeness (QED) is 0.366. The van der Waals surface area contributed by atoms with Crippen molar-refractivity contribution in [2.75, 3.05) is 30.9 Å². The van der Waals surface area contributed by atoms with Crippen molar-refractivity contribution in [2.45, 2.75) is 11.1 Å². The van der Waals surface area contributed by atoms with Gasteiger partial charge in [0.05, 0.1) is 27.9 Å². The highest BCUT2D eigenvalue weighted by Gasteiger charge is 2.30. The van der Waals surface area contributed by atoms with Crippen LogP contribution in [0.1, 0.15) is 16.1 Å². The summed E-state index contributed by atoms with van der Waals surface area (Å²) in [5, 5.41) is 4.11. The summed E-state index contributed by atoms with van der Waals surface area (Å²) in [6.45, 7) is 2.82. The molecule has 1 saturated heterocycles. The molecule has 1 aliphatic rings. The van der Waals surface area contributed by atoms with E-state index in [4.69, 9.17) is 4.74 Å². The van der Waals surface area contributed by atoms with E-state index in [-0.39, 0.29) is 22.4 Å². The summed E-state index contributed by atoms with van der Waals surface area (Å²) in [7, 11) is -2.31. The average Bonchev–Trinajstić information content (AvgIpc) is 3.25. The predicted molar refractivity (Wildman–Crippen MR) is 138 cm³/mol. The maximum absolute atomic E-state index is 13.0. The number of aryl methyl sites for hydroxylation is 1. The van der Waals surface area contributed by atoms with E-state index in [1.165, 1.54) is 18.3 Å². The van der Waals surface area contributed by atoms with Crippen molar-refractivity contribution < 1.29 is 31.1 Å². The van der Waals surface area contributed by atoms with Crippen LogP contribution >= 0.6 is 0 Å². The number of carbonyl (C=O) groups excluding carboxylic acids is 1. The zero-order valence-electron chi connectivity index (χ0n) is 20.7. The molecule has 204 valence electrons. The second-order valence-electron chi connectivity index (χ2n) is 8.97. The number of anilines is 1. The van der Waals surface area contributed by atoms with E-state index in [0.29, 0.717) is 36.7 Å². The number of pyridine rings is 1. The number of nitrogens with one attached hydrogen (secondary N) is 2. The molecule has 0 aliphatic carbocycles. The monoisotopic (exact) mass is 559 g/mol. The van der Waals surface area contributed by atoms with E-state index < -0.39 is 21.8 Å². The highest BCUT2D eigenvalue weighted by Crippen LogP contribution is 2.31. The molecule has 0 spiro atoms. The number of aromatic nitrogens is 2. The van der Waals surface area contributed by atoms with Gasteiger partial charge >= 0.3 is 6.18 Å². The molecule has 1 amide bonds. The number of piperazine rings is 1. The summed E-state index contributed by atoms with van der Waals surface area (Å²) >= 11 is 0. The molecule has 2 aromatic heterocycles. The fraction of sp³-hybridized carbons (Fsp3) is 0.231. The molecule has 1 aliphatic heterocycles. The van der Waals surface area contributed by atoms with Crippen molar-refractivity contribution in [1.82, 2.24) is 19.8 Å². The third kappa shape index (κ3) is 5.68. The highest BCUT2D eigenvalue weighted by atomic mass is 32.2. The van der Waals surface area contributed by atoms with Gasteiger partial charge < -0.3 is 19.5 Å². The Hall–Kier alpha value is -4.10. The zero-order valence-corrected chi connectivity index (χ0v) is 21.5. The summed E-state index contributed by atoms with van der Waals surface area (Å²) in [6, 6.07) is 13.3. The first-order valence-corrected chi connectivity index (χ1v) is 13.4. The molecule has 2 N–H and O–H groups in total. The molecule has 9 nitrogen and oxygen atoms in total. The van der Waals surface area contributed by atoms with E-state index in [1.54, 1.807) is 12.1 Å². The lowest BCUT2D eigenvalue weighted by Gasteiger charge is -2.27. The standard InChI is InChI=1S/C26H24F3N5O4S/c1-33-22-15-20(6-2-17(22)14-23(33)25(35)34-12-10-30-11-13-34)38-24-9-5-19(16-31-24)32-39(36,37)21-7-3-18(4-8-21)26(27,28)29/h2-9,14-16,30,32H,10-13H2,1H3. The Morgan fingerprint density at radius 1 is 1.03 bits per heavy atom. The number of hydrogen-bond acceptors (Lipinski definition) is 6. The summed E-state index contributed by atoms with van der Waals surface area (Å²) in [4.78, 5) is 18.6. The van der Waals surface area contributed by atoms with Crippen LogP contribution in [0.25, 0.3) is 10.9 Å². The van der Waals surface area contributed by atoms with Gasteiger partial charge in [0.25, 0.3) is 15.9 Å². The van der Waals surface area contributed by atoms with Crippen molar-refractivity contribution in [3.05, 3.63) is 78.1 Å². The molecule has 2 aromatic carbocycles. The van der Waals surface area contributed by atoms with Gasteiger partial charge in [-0.15, -0.1) is 0 Å². The van der Waals surface area contributed by atoms with Gasteiger partial charge in [0.1, 0.15) is 11.4 Å². The second kappa shape index (κ2) is 10.2. The number of halogens is 3. The number of amides is 1. The normalized spacial score (nSPS) is 14.4. The fourth-order valence-electron chi connectivity index (χ4n) is 4.27. The largest absolute Gasteiger partial charge is 0.439 e. The minimum absolute atomic E-state index is 0.0336. The Labute approximate surface area is 222 Å². The number of hydrogen-bond donors (Lipinski definition) is 2. The number of fused-ring (bicyclic) bond motifs is 1. The molecule has 1 fully saturated rings. The average molecular weight is 560 g/mol. The molecule has 0 radical (unpaired) electrons. The van der Waals surface area contributed by atoms with Crippen LogP contribution < -0.4 is 14.8 Å². The smallest absolute Gasteiger partial charge is 0.416 e. The van der Waals surface area contributed by atoms with Crippen LogP contribution in [0.4, 0.5) is 18.9 Å². The minimum Gasteiger partial charge on any atom is -0.439 e. The van der Waals surface area contributed by atoms with Crippen molar-refractivity contribution in [1.29, 1.82) is 0 Å². The Bertz CT molecular complexity index is 1610. The first-order valence-electron chi connectivity index (χ1n) is 11.9. The van der Waals surface area contributed by atoms with Gasteiger partial charge in [-0.1, -0.05) is 0 Å². The number of sulfonamides is 1. The van der Waals surface area contributed by atoms with E-state index in [2.05, 4.69) is 15.0 Å². The molecular formula is C26H24F3N5O4S. The Morgan fingerprint density at radius 3 is 2.38 bits per heavy atom. The van der Waals surface area contributed by atoms with Gasteiger partial charge in [-0.2, -0.15) is 13.2 Å². The highest BCUT2D eigenvalue weighted by molar-refractivity contribution is 7.92. The lowest BCUT2D eigenvalue weighted by atomic mass is 10.2. The number of ether oxygens (including phenoxy) is 1. The number of carbonyl (C=O) groups is 1. The summed E-state index contributed by atoms with van der Waals surface area (Å²) in [5.74, 6) is 0.627. The van der Waals surface area contributed by atoms with Crippen molar-refractivity contribution in [3.8, 4) is 11.6 Å². The SMILES string of the molecule is Cn1c(C(=O)N2CCNCC2)cc2ccc(Oc3ccc(NS(=O)(=O)c4ccc(C(F)(F)F)cc4)cn3)cc21. The molecule has 0 unspecified atom stereocenters. The van der Waals surface area contributed by atoms with Crippen LogP contribution in [-0.2, 0) is 23.2 Å². The number of alkyl halides is 3. The van der Waals surface area contributed by atoms with Gasteiger partial charge in [-0.3, -0.25) is 9.52 Å². The van der Waals surface area contributed by atoms with E-state index in [1.807, 2.05) is 28.6 Å². The van der Waals surface area contributed by atoms with Crippen molar-refractivity contribution >= 4 is 32.5 Å². The molecule has 0 bridgehead atoms. The second-order valence-corrected chi connectivity index (χ2v) is 10.6. The molecule has 4 aromatic rings. The lowest BCUT2D eigenvalue weighted by Crippen LogP contribution is -2.46. The maximum atomic E-state index is 13.0. The molecular weight excluding hydrogens is 535 g/mol. The van der Waals surface area contributed by atoms with Gasteiger partial charge in [-0.25, -0.2) is 13.4 Å².